The van der Waals surface area contributed by atoms with E-state index in [1.807, 2.05) is 59.3 Å². The van der Waals surface area contributed by atoms with Crippen molar-refractivity contribution in [3.8, 4) is 5.75 Å². The number of imidazole rings is 1. The van der Waals surface area contributed by atoms with Crippen LogP contribution in [0.15, 0.2) is 54.9 Å². The molecule has 1 aromatic carbocycles. The fourth-order valence-electron chi connectivity index (χ4n) is 3.46. The van der Waals surface area contributed by atoms with Gasteiger partial charge in [0, 0.05) is 30.0 Å². The number of hydrogen-bond donors (Lipinski definition) is 2. The van der Waals surface area contributed by atoms with Gasteiger partial charge in [0.2, 0.25) is 5.91 Å². The van der Waals surface area contributed by atoms with Crippen LogP contribution in [0.3, 0.4) is 0 Å². The number of carbonyl (C=O) groups excluding carboxylic acids is 1. The number of piperidine rings is 1. The lowest BCUT2D eigenvalue weighted by Gasteiger charge is -2.27. The number of pyridine rings is 1. The Morgan fingerprint density at radius 2 is 2.15 bits per heavy atom. The van der Waals surface area contributed by atoms with E-state index in [0.717, 1.165) is 42.2 Å². The minimum Gasteiger partial charge on any atom is -0.487 e. The van der Waals surface area contributed by atoms with Gasteiger partial charge in [0.25, 0.3) is 0 Å². The zero-order chi connectivity index (χ0) is 18.6. The van der Waals surface area contributed by atoms with Gasteiger partial charge in [-0.25, -0.2) is 4.98 Å². The molecule has 0 bridgehead atoms. The molecular weight excluding hydrogens is 340 g/mol. The van der Waals surface area contributed by atoms with Crippen molar-refractivity contribution in [2.75, 3.05) is 11.9 Å². The van der Waals surface area contributed by atoms with Crippen molar-refractivity contribution in [2.45, 2.75) is 32.4 Å². The molecule has 2 N–H and O–H groups in total. The summed E-state index contributed by atoms with van der Waals surface area (Å²) in [4.78, 5) is 16.9. The van der Waals surface area contributed by atoms with E-state index in [9.17, 15) is 4.79 Å². The van der Waals surface area contributed by atoms with Crippen molar-refractivity contribution in [1.82, 2.24) is 14.7 Å². The van der Waals surface area contributed by atoms with E-state index in [4.69, 9.17) is 4.74 Å². The second-order valence-corrected chi connectivity index (χ2v) is 7.08. The number of hydrogen-bond acceptors (Lipinski definition) is 4. The minimum absolute atomic E-state index is 0.0761. The molecule has 6 nitrogen and oxygen atoms in total. The molecule has 3 aromatic rings. The summed E-state index contributed by atoms with van der Waals surface area (Å²) >= 11 is 0. The van der Waals surface area contributed by atoms with Crippen LogP contribution in [-0.2, 0) is 11.4 Å². The highest BCUT2D eigenvalue weighted by Crippen LogP contribution is 2.21. The molecule has 1 amide bonds. The number of nitrogens with one attached hydrogen (secondary N) is 2. The quantitative estimate of drug-likeness (QED) is 0.729. The molecule has 1 aliphatic heterocycles. The van der Waals surface area contributed by atoms with Crippen LogP contribution in [0, 0.1) is 5.92 Å². The third-order valence-corrected chi connectivity index (χ3v) is 4.92. The fourth-order valence-corrected chi connectivity index (χ4v) is 3.46. The van der Waals surface area contributed by atoms with Crippen molar-refractivity contribution in [1.29, 1.82) is 0 Å². The largest absolute Gasteiger partial charge is 0.487 e. The van der Waals surface area contributed by atoms with E-state index < -0.39 is 0 Å². The summed E-state index contributed by atoms with van der Waals surface area (Å²) in [6, 6.07) is 13.8. The molecule has 1 aliphatic rings. The van der Waals surface area contributed by atoms with Gasteiger partial charge in [-0.1, -0.05) is 6.07 Å². The number of rotatable bonds is 5. The molecule has 2 atom stereocenters. The average molecular weight is 364 g/mol. The summed E-state index contributed by atoms with van der Waals surface area (Å²) in [7, 11) is 0. The maximum Gasteiger partial charge on any atom is 0.227 e. The molecule has 6 heteroatoms. The summed E-state index contributed by atoms with van der Waals surface area (Å²) < 4.78 is 7.79. The van der Waals surface area contributed by atoms with Crippen molar-refractivity contribution in [2.24, 2.45) is 5.92 Å². The lowest BCUT2D eigenvalue weighted by Crippen LogP contribution is -2.40. The smallest absolute Gasteiger partial charge is 0.227 e. The van der Waals surface area contributed by atoms with E-state index in [2.05, 4.69) is 22.5 Å². The van der Waals surface area contributed by atoms with Crippen LogP contribution in [0.25, 0.3) is 5.65 Å². The normalized spacial score (nSPS) is 19.7. The second kappa shape index (κ2) is 7.80. The Hall–Kier alpha value is -2.86. The molecule has 0 saturated carbocycles. The highest BCUT2D eigenvalue weighted by molar-refractivity contribution is 5.92. The number of ether oxygens (including phenoxy) is 1. The molecule has 0 radical (unpaired) electrons. The van der Waals surface area contributed by atoms with Gasteiger partial charge in [0.05, 0.1) is 5.69 Å². The van der Waals surface area contributed by atoms with Crippen molar-refractivity contribution in [3.05, 3.63) is 60.6 Å². The maximum atomic E-state index is 12.4. The Morgan fingerprint density at radius 3 is 2.93 bits per heavy atom. The van der Waals surface area contributed by atoms with Crippen molar-refractivity contribution in [3.63, 3.8) is 0 Å². The van der Waals surface area contributed by atoms with E-state index in [0.29, 0.717) is 12.6 Å². The van der Waals surface area contributed by atoms with Crippen LogP contribution in [-0.4, -0.2) is 27.9 Å². The Labute approximate surface area is 158 Å². The predicted octanol–water partition coefficient (Wildman–Crippen LogP) is 3.24. The first kappa shape index (κ1) is 17.5. The lowest BCUT2D eigenvalue weighted by molar-refractivity contribution is -0.120. The number of nitrogens with zero attached hydrogens (tertiary/aromatic N) is 2. The molecule has 140 valence electrons. The van der Waals surface area contributed by atoms with Crippen LogP contribution in [0.1, 0.15) is 25.5 Å². The fraction of sp³-hybridized carbons (Fsp3) is 0.333. The van der Waals surface area contributed by atoms with E-state index in [1.165, 1.54) is 0 Å². The third-order valence-electron chi connectivity index (χ3n) is 4.92. The minimum atomic E-state index is 0.0761. The molecular formula is C21H24N4O2. The maximum absolute atomic E-state index is 12.4. The molecule has 0 unspecified atom stereocenters. The number of amides is 1. The van der Waals surface area contributed by atoms with Gasteiger partial charge in [-0.2, -0.15) is 0 Å². The Morgan fingerprint density at radius 1 is 1.30 bits per heavy atom. The number of benzene rings is 1. The van der Waals surface area contributed by atoms with Gasteiger partial charge < -0.3 is 19.8 Å². The molecule has 1 fully saturated rings. The molecule has 1 saturated heterocycles. The SMILES string of the molecule is C[C@H]1C[C@@H](C(=O)Nc2ccc(OCc3cn4ccccc4n3)cc2)CCN1. The third kappa shape index (κ3) is 4.28. The second-order valence-electron chi connectivity index (χ2n) is 7.08. The zero-order valence-corrected chi connectivity index (χ0v) is 15.4. The molecule has 2 aromatic heterocycles. The van der Waals surface area contributed by atoms with Gasteiger partial charge in [-0.15, -0.1) is 0 Å². The number of fused-ring (bicyclic) bond motifs is 1. The number of aromatic nitrogens is 2. The molecule has 4 rings (SSSR count). The average Bonchev–Trinajstić information content (AvgIpc) is 3.10. The lowest BCUT2D eigenvalue weighted by atomic mass is 9.92. The molecule has 3 heterocycles. The summed E-state index contributed by atoms with van der Waals surface area (Å²) in [6.45, 7) is 3.42. The topological polar surface area (TPSA) is 67.7 Å². The molecule has 0 aliphatic carbocycles. The predicted molar refractivity (Wildman–Crippen MR) is 105 cm³/mol. The first-order chi connectivity index (χ1) is 13.2. The highest BCUT2D eigenvalue weighted by atomic mass is 16.5. The standard InChI is InChI=1S/C21H24N4O2/c1-15-12-16(9-10-22-15)21(26)24-17-5-7-19(8-6-17)27-14-18-13-25-11-3-2-4-20(25)23-18/h2-8,11,13,15-16,22H,9-10,12,14H2,1H3,(H,24,26)/t15-,16-/m0/s1. The number of carbonyl (C=O) groups is 1. The van der Waals surface area contributed by atoms with E-state index in [-0.39, 0.29) is 11.8 Å². The first-order valence-corrected chi connectivity index (χ1v) is 9.37. The Bertz CT molecular complexity index is 886. The molecule has 27 heavy (non-hydrogen) atoms. The number of anilines is 1. The van der Waals surface area contributed by atoms with Crippen LogP contribution < -0.4 is 15.4 Å². The van der Waals surface area contributed by atoms with Gasteiger partial charge in [-0.05, 0) is 62.7 Å². The van der Waals surface area contributed by atoms with Crippen LogP contribution >= 0.6 is 0 Å². The summed E-state index contributed by atoms with van der Waals surface area (Å²) in [6.07, 6.45) is 5.69. The molecule has 0 spiro atoms. The van der Waals surface area contributed by atoms with Crippen LogP contribution in [0.4, 0.5) is 5.69 Å². The Kier molecular flexibility index (Phi) is 5.07. The van der Waals surface area contributed by atoms with E-state index in [1.54, 1.807) is 0 Å². The first-order valence-electron chi connectivity index (χ1n) is 9.37. The van der Waals surface area contributed by atoms with Crippen LogP contribution in [0.2, 0.25) is 0 Å². The van der Waals surface area contributed by atoms with Crippen molar-refractivity contribution >= 4 is 17.2 Å². The monoisotopic (exact) mass is 364 g/mol. The van der Waals surface area contributed by atoms with Gasteiger partial charge in [-0.3, -0.25) is 4.79 Å². The van der Waals surface area contributed by atoms with Gasteiger partial charge in [0.1, 0.15) is 18.0 Å². The van der Waals surface area contributed by atoms with E-state index >= 15 is 0 Å². The van der Waals surface area contributed by atoms with Gasteiger partial charge in [0.15, 0.2) is 0 Å². The summed E-state index contributed by atoms with van der Waals surface area (Å²) in [5, 5.41) is 6.38. The zero-order valence-electron chi connectivity index (χ0n) is 15.4. The van der Waals surface area contributed by atoms with Crippen molar-refractivity contribution < 1.29 is 9.53 Å². The highest BCUT2D eigenvalue weighted by Gasteiger charge is 2.24. The van der Waals surface area contributed by atoms with Crippen LogP contribution in [0.5, 0.6) is 5.75 Å². The summed E-state index contributed by atoms with van der Waals surface area (Å²) in [5.41, 5.74) is 2.58. The Balaban J connectivity index is 1.32. The van der Waals surface area contributed by atoms with Gasteiger partial charge >= 0.3 is 0 Å². The summed E-state index contributed by atoms with van der Waals surface area (Å²) in [5.74, 6) is 0.925.